The molecule has 1 fully saturated rings. The van der Waals surface area contributed by atoms with E-state index < -0.39 is 0 Å². The molecular weight excluding hydrogens is 378 g/mol. The Morgan fingerprint density at radius 2 is 1.72 bits per heavy atom. The minimum Gasteiger partial charge on any atom is -0.497 e. The molecule has 2 aromatic rings. The molecule has 4 heteroatoms. The van der Waals surface area contributed by atoms with Gasteiger partial charge in [0, 0.05) is 16.0 Å². The van der Waals surface area contributed by atoms with Crippen molar-refractivity contribution in [3.05, 3.63) is 64.1 Å². The molecule has 4 rings (SSSR count). The zero-order valence-corrected chi connectivity index (χ0v) is 15.9. The first-order valence-electron chi connectivity index (χ1n) is 8.89. The number of halogens is 1. The molecule has 0 N–H and O–H groups in total. The summed E-state index contributed by atoms with van der Waals surface area (Å²) in [5, 5.41) is 0. The van der Waals surface area contributed by atoms with E-state index in [1.165, 1.54) is 24.8 Å². The molecule has 2 aliphatic rings. The molecule has 0 amide bonds. The highest BCUT2D eigenvalue weighted by atomic mass is 79.9. The monoisotopic (exact) mass is 399 g/mol. The molecule has 0 bridgehead atoms. The highest BCUT2D eigenvalue weighted by Crippen LogP contribution is 2.42. The Labute approximate surface area is 157 Å². The predicted molar refractivity (Wildman–Crippen MR) is 103 cm³/mol. The zero-order chi connectivity index (χ0) is 17.2. The molecule has 0 unspecified atom stereocenters. The maximum atomic E-state index is 6.33. The molecule has 1 saturated carbocycles. The summed E-state index contributed by atoms with van der Waals surface area (Å²) < 4.78 is 12.7. The first kappa shape index (κ1) is 16.6. The SMILES string of the molecule is COc1ccc(C2=N[C@H](c3ccc(Br)cc3)[C@H]3CCCC[C@H]3O2)cc1. The van der Waals surface area contributed by atoms with Gasteiger partial charge in [-0.3, -0.25) is 0 Å². The smallest absolute Gasteiger partial charge is 0.216 e. The van der Waals surface area contributed by atoms with Crippen LogP contribution in [-0.4, -0.2) is 19.1 Å². The van der Waals surface area contributed by atoms with Crippen LogP contribution in [0.3, 0.4) is 0 Å². The van der Waals surface area contributed by atoms with Crippen LogP contribution in [0.25, 0.3) is 0 Å². The molecule has 0 saturated heterocycles. The Morgan fingerprint density at radius 3 is 2.44 bits per heavy atom. The minimum atomic E-state index is 0.171. The first-order chi connectivity index (χ1) is 12.2. The number of benzene rings is 2. The second kappa shape index (κ2) is 7.20. The van der Waals surface area contributed by atoms with Gasteiger partial charge in [-0.05, 0) is 61.2 Å². The Morgan fingerprint density at radius 1 is 1.00 bits per heavy atom. The Hall–Kier alpha value is -1.81. The van der Waals surface area contributed by atoms with Crippen molar-refractivity contribution < 1.29 is 9.47 Å². The van der Waals surface area contributed by atoms with E-state index in [1.54, 1.807) is 7.11 Å². The van der Waals surface area contributed by atoms with Crippen molar-refractivity contribution in [2.75, 3.05) is 7.11 Å². The van der Waals surface area contributed by atoms with Crippen LogP contribution < -0.4 is 4.74 Å². The van der Waals surface area contributed by atoms with Crippen LogP contribution in [0.4, 0.5) is 0 Å². The van der Waals surface area contributed by atoms with Gasteiger partial charge in [-0.2, -0.15) is 0 Å². The van der Waals surface area contributed by atoms with E-state index in [9.17, 15) is 0 Å². The van der Waals surface area contributed by atoms with E-state index >= 15 is 0 Å². The number of aliphatic imine (C=N–C) groups is 1. The van der Waals surface area contributed by atoms with Crippen LogP contribution in [0.2, 0.25) is 0 Å². The molecule has 0 spiro atoms. The summed E-state index contributed by atoms with van der Waals surface area (Å²) in [6.07, 6.45) is 5.07. The van der Waals surface area contributed by atoms with Crippen molar-refractivity contribution in [1.29, 1.82) is 0 Å². The van der Waals surface area contributed by atoms with Crippen molar-refractivity contribution in [2.24, 2.45) is 10.9 Å². The summed E-state index contributed by atoms with van der Waals surface area (Å²) in [7, 11) is 1.68. The second-order valence-corrected chi connectivity index (χ2v) is 7.68. The van der Waals surface area contributed by atoms with Crippen LogP contribution in [0, 0.1) is 5.92 Å². The molecule has 3 nitrogen and oxygen atoms in total. The maximum absolute atomic E-state index is 6.33. The van der Waals surface area contributed by atoms with Gasteiger partial charge in [0.2, 0.25) is 5.90 Å². The Balaban J connectivity index is 1.71. The third-order valence-electron chi connectivity index (χ3n) is 5.23. The summed E-state index contributed by atoms with van der Waals surface area (Å²) in [5.41, 5.74) is 2.29. The summed E-state index contributed by atoms with van der Waals surface area (Å²) >= 11 is 3.53. The van der Waals surface area contributed by atoms with Crippen molar-refractivity contribution in [3.8, 4) is 5.75 Å². The van der Waals surface area contributed by atoms with Crippen molar-refractivity contribution in [2.45, 2.75) is 37.8 Å². The Kier molecular flexibility index (Phi) is 4.80. The van der Waals surface area contributed by atoms with Crippen molar-refractivity contribution in [3.63, 3.8) is 0 Å². The lowest BCUT2D eigenvalue weighted by atomic mass is 9.78. The van der Waals surface area contributed by atoms with Gasteiger partial charge in [-0.1, -0.05) is 34.5 Å². The largest absolute Gasteiger partial charge is 0.497 e. The molecule has 3 atom stereocenters. The number of nitrogens with zero attached hydrogens (tertiary/aromatic N) is 1. The maximum Gasteiger partial charge on any atom is 0.216 e. The number of rotatable bonds is 3. The van der Waals surface area contributed by atoms with Gasteiger partial charge in [-0.15, -0.1) is 0 Å². The molecule has 1 aliphatic heterocycles. The fraction of sp³-hybridized carbons (Fsp3) is 0.381. The molecule has 2 aromatic carbocycles. The van der Waals surface area contributed by atoms with E-state index in [0.717, 1.165) is 28.1 Å². The van der Waals surface area contributed by atoms with E-state index in [0.29, 0.717) is 5.92 Å². The second-order valence-electron chi connectivity index (χ2n) is 6.76. The van der Waals surface area contributed by atoms with Gasteiger partial charge in [0.25, 0.3) is 0 Å². The molecule has 1 heterocycles. The van der Waals surface area contributed by atoms with Crippen LogP contribution in [0.5, 0.6) is 5.75 Å². The number of hydrogen-bond acceptors (Lipinski definition) is 3. The number of fused-ring (bicyclic) bond motifs is 1. The van der Waals surface area contributed by atoms with Crippen LogP contribution in [0.1, 0.15) is 42.9 Å². The number of ether oxygens (including phenoxy) is 2. The molecule has 0 radical (unpaired) electrons. The van der Waals surface area contributed by atoms with Crippen LogP contribution in [0.15, 0.2) is 58.0 Å². The minimum absolute atomic E-state index is 0.171. The van der Waals surface area contributed by atoms with Crippen LogP contribution >= 0.6 is 15.9 Å². The summed E-state index contributed by atoms with van der Waals surface area (Å²) in [6, 6.07) is 16.7. The lowest BCUT2D eigenvalue weighted by molar-refractivity contribution is 0.0501. The summed E-state index contributed by atoms with van der Waals surface area (Å²) in [6.45, 7) is 0. The van der Waals surface area contributed by atoms with E-state index in [2.05, 4.69) is 40.2 Å². The lowest BCUT2D eigenvalue weighted by Crippen LogP contribution is -2.38. The highest BCUT2D eigenvalue weighted by molar-refractivity contribution is 9.10. The number of methoxy groups -OCH3 is 1. The van der Waals surface area contributed by atoms with E-state index in [-0.39, 0.29) is 12.1 Å². The summed E-state index contributed by atoms with van der Waals surface area (Å²) in [5.74, 6) is 2.08. The third-order valence-corrected chi connectivity index (χ3v) is 5.76. The van der Waals surface area contributed by atoms with Crippen LogP contribution in [-0.2, 0) is 4.74 Å². The topological polar surface area (TPSA) is 30.8 Å². The van der Waals surface area contributed by atoms with Gasteiger partial charge >= 0.3 is 0 Å². The first-order valence-corrected chi connectivity index (χ1v) is 9.68. The third kappa shape index (κ3) is 3.45. The van der Waals surface area contributed by atoms with Gasteiger partial charge in [-0.25, -0.2) is 4.99 Å². The van der Waals surface area contributed by atoms with Gasteiger partial charge in [0.15, 0.2) is 0 Å². The fourth-order valence-corrected chi connectivity index (χ4v) is 4.15. The molecular formula is C21H22BrNO2. The number of hydrogen-bond donors (Lipinski definition) is 0. The molecule has 1 aliphatic carbocycles. The highest BCUT2D eigenvalue weighted by Gasteiger charge is 2.38. The Bertz CT molecular complexity index is 754. The van der Waals surface area contributed by atoms with Gasteiger partial charge < -0.3 is 9.47 Å². The quantitative estimate of drug-likeness (QED) is 0.678. The average Bonchev–Trinajstić information content (AvgIpc) is 2.68. The molecule has 0 aromatic heterocycles. The van der Waals surface area contributed by atoms with Gasteiger partial charge in [0.05, 0.1) is 13.2 Å². The standard InChI is InChI=1S/C21H22BrNO2/c1-24-17-12-8-15(9-13-17)21-23-20(14-6-10-16(22)11-7-14)18-4-2-3-5-19(18)25-21/h6-13,18-20H,2-5H2,1H3/t18-,19+,20+/m0/s1. The average molecular weight is 400 g/mol. The summed E-state index contributed by atoms with van der Waals surface area (Å²) in [4.78, 5) is 5.03. The lowest BCUT2D eigenvalue weighted by Gasteiger charge is -2.39. The fourth-order valence-electron chi connectivity index (χ4n) is 3.89. The van der Waals surface area contributed by atoms with Crippen molar-refractivity contribution in [1.82, 2.24) is 0 Å². The van der Waals surface area contributed by atoms with E-state index in [1.807, 2.05) is 24.3 Å². The molecule has 25 heavy (non-hydrogen) atoms. The normalized spacial score (nSPS) is 25.5. The van der Waals surface area contributed by atoms with Crippen molar-refractivity contribution >= 4 is 21.8 Å². The molecule has 130 valence electrons. The predicted octanol–water partition coefficient (Wildman–Crippen LogP) is 5.53. The zero-order valence-electron chi connectivity index (χ0n) is 14.3. The van der Waals surface area contributed by atoms with Gasteiger partial charge in [0.1, 0.15) is 11.9 Å². The van der Waals surface area contributed by atoms with E-state index in [4.69, 9.17) is 14.5 Å².